The molecule has 6 heteroatoms. The van der Waals surface area contributed by atoms with E-state index in [0.717, 1.165) is 5.56 Å². The number of nitrogens with one attached hydrogen (secondary N) is 2. The monoisotopic (exact) mass is 269 g/mol. The molecule has 2 N–H and O–H groups in total. The van der Waals surface area contributed by atoms with Crippen LogP contribution in [0.15, 0.2) is 29.4 Å². The molecule has 0 radical (unpaired) electrons. The normalized spacial score (nSPS) is 12.4. The fourth-order valence-electron chi connectivity index (χ4n) is 1.26. The molecule has 18 heavy (non-hydrogen) atoms. The first-order chi connectivity index (χ1) is 8.61. The minimum absolute atomic E-state index is 0.107. The van der Waals surface area contributed by atoms with Gasteiger partial charge in [0.05, 0.1) is 12.8 Å². The summed E-state index contributed by atoms with van der Waals surface area (Å²) in [5, 5.41) is 7.35. The van der Waals surface area contributed by atoms with Crippen molar-refractivity contribution >= 4 is 23.5 Å². The summed E-state index contributed by atoms with van der Waals surface area (Å²) >= 11 is 5.03. The molecule has 98 valence electrons. The Bertz CT molecular complexity index is 408. The Morgan fingerprint density at radius 2 is 2.17 bits per heavy atom. The molecule has 0 fully saturated rings. The highest BCUT2D eigenvalue weighted by molar-refractivity contribution is 7.80. The minimum atomic E-state index is -0.273. The number of rotatable bonds is 5. The third-order valence-electron chi connectivity index (χ3n) is 2.04. The number of methoxy groups -OCH3 is 1. The van der Waals surface area contributed by atoms with E-state index in [1.165, 1.54) is 12.1 Å². The number of thiocarbonyl (C=S) groups is 1. The van der Waals surface area contributed by atoms with Crippen molar-refractivity contribution in [2.24, 2.45) is 5.10 Å². The summed E-state index contributed by atoms with van der Waals surface area (Å²) in [6.45, 7) is 2.50. The summed E-state index contributed by atoms with van der Waals surface area (Å²) in [6.07, 6.45) is 1.56. The van der Waals surface area contributed by atoms with Gasteiger partial charge in [0, 0.05) is 13.2 Å². The third kappa shape index (κ3) is 5.70. The Balaban J connectivity index is 2.35. The number of hydrazone groups is 1. The molecule has 0 aliphatic carbocycles. The second-order valence-corrected chi connectivity index (χ2v) is 4.16. The van der Waals surface area contributed by atoms with Gasteiger partial charge in [0.25, 0.3) is 0 Å². The van der Waals surface area contributed by atoms with Crippen molar-refractivity contribution in [1.82, 2.24) is 10.7 Å². The average Bonchev–Trinajstić information content (AvgIpc) is 2.32. The first-order valence-electron chi connectivity index (χ1n) is 5.46. The number of ether oxygens (including phenoxy) is 1. The quantitative estimate of drug-likeness (QED) is 0.485. The SMILES string of the molecule is COC[C@H](C)NC(=S)N/N=C\c1ccc(F)cc1. The lowest BCUT2D eigenvalue weighted by atomic mass is 10.2. The average molecular weight is 269 g/mol. The maximum atomic E-state index is 12.7. The van der Waals surface area contributed by atoms with E-state index in [-0.39, 0.29) is 11.9 Å². The predicted molar refractivity (Wildman–Crippen MR) is 74.2 cm³/mol. The van der Waals surface area contributed by atoms with Gasteiger partial charge in [0.2, 0.25) is 0 Å². The van der Waals surface area contributed by atoms with Gasteiger partial charge in [-0.05, 0) is 36.8 Å². The van der Waals surface area contributed by atoms with Crippen LogP contribution >= 0.6 is 12.2 Å². The highest BCUT2D eigenvalue weighted by atomic mass is 32.1. The molecule has 4 nitrogen and oxygen atoms in total. The number of nitrogens with zero attached hydrogens (tertiary/aromatic N) is 1. The van der Waals surface area contributed by atoms with E-state index in [4.69, 9.17) is 17.0 Å². The molecule has 0 unspecified atom stereocenters. The van der Waals surface area contributed by atoms with Crippen LogP contribution in [-0.2, 0) is 4.74 Å². The van der Waals surface area contributed by atoms with Crippen LogP contribution in [-0.4, -0.2) is 31.1 Å². The van der Waals surface area contributed by atoms with Crippen LogP contribution in [0.4, 0.5) is 4.39 Å². The van der Waals surface area contributed by atoms with Crippen molar-refractivity contribution in [2.45, 2.75) is 13.0 Å². The molecule has 0 amide bonds. The first kappa shape index (κ1) is 14.5. The van der Waals surface area contributed by atoms with E-state index in [9.17, 15) is 4.39 Å². The molecule has 0 saturated carbocycles. The second kappa shape index (κ2) is 7.73. The van der Waals surface area contributed by atoms with Gasteiger partial charge in [-0.15, -0.1) is 0 Å². The van der Waals surface area contributed by atoms with Crippen LogP contribution in [0.1, 0.15) is 12.5 Å². The summed E-state index contributed by atoms with van der Waals surface area (Å²) in [5.41, 5.74) is 3.46. The van der Waals surface area contributed by atoms with Crippen molar-refractivity contribution in [3.8, 4) is 0 Å². The topological polar surface area (TPSA) is 45.6 Å². The van der Waals surface area contributed by atoms with Crippen molar-refractivity contribution < 1.29 is 9.13 Å². The van der Waals surface area contributed by atoms with Gasteiger partial charge in [-0.2, -0.15) is 5.10 Å². The zero-order valence-corrected chi connectivity index (χ0v) is 11.1. The predicted octanol–water partition coefficient (Wildman–Crippen LogP) is 1.66. The highest BCUT2D eigenvalue weighted by Crippen LogP contribution is 1.99. The maximum absolute atomic E-state index is 12.7. The van der Waals surface area contributed by atoms with Crippen molar-refractivity contribution in [1.29, 1.82) is 0 Å². The molecule has 0 aliphatic heterocycles. The van der Waals surface area contributed by atoms with Gasteiger partial charge in [-0.1, -0.05) is 12.1 Å². The van der Waals surface area contributed by atoms with E-state index in [0.29, 0.717) is 11.7 Å². The number of halogens is 1. The van der Waals surface area contributed by atoms with E-state index >= 15 is 0 Å². The minimum Gasteiger partial charge on any atom is -0.383 e. The summed E-state index contributed by atoms with van der Waals surface area (Å²) in [6, 6.07) is 6.11. The number of hydrogen-bond acceptors (Lipinski definition) is 3. The lowest BCUT2D eigenvalue weighted by Gasteiger charge is -2.13. The summed E-state index contributed by atoms with van der Waals surface area (Å²) in [5.74, 6) is -0.273. The molecule has 1 aromatic rings. The van der Waals surface area contributed by atoms with Crippen LogP contribution in [0.5, 0.6) is 0 Å². The van der Waals surface area contributed by atoms with E-state index < -0.39 is 0 Å². The van der Waals surface area contributed by atoms with Gasteiger partial charge in [0.1, 0.15) is 5.82 Å². The van der Waals surface area contributed by atoms with Gasteiger partial charge < -0.3 is 10.1 Å². The Morgan fingerprint density at radius 3 is 2.78 bits per heavy atom. The van der Waals surface area contributed by atoms with Gasteiger partial charge in [-0.3, -0.25) is 5.43 Å². The maximum Gasteiger partial charge on any atom is 0.187 e. The largest absolute Gasteiger partial charge is 0.383 e. The van der Waals surface area contributed by atoms with Crippen LogP contribution in [0.3, 0.4) is 0 Å². The highest BCUT2D eigenvalue weighted by Gasteiger charge is 2.01. The first-order valence-corrected chi connectivity index (χ1v) is 5.86. The fourth-order valence-corrected chi connectivity index (χ4v) is 1.52. The van der Waals surface area contributed by atoms with Gasteiger partial charge in [-0.25, -0.2) is 4.39 Å². The molecule has 0 aromatic heterocycles. The van der Waals surface area contributed by atoms with Crippen LogP contribution in [0.25, 0.3) is 0 Å². The number of benzene rings is 1. The zero-order valence-electron chi connectivity index (χ0n) is 10.3. The summed E-state index contributed by atoms with van der Waals surface area (Å²) in [7, 11) is 1.63. The van der Waals surface area contributed by atoms with Crippen molar-refractivity contribution in [3.05, 3.63) is 35.6 Å². The lowest BCUT2D eigenvalue weighted by Crippen LogP contribution is -2.40. The molecule has 0 bridgehead atoms. The Kier molecular flexibility index (Phi) is 6.24. The standard InChI is InChI=1S/C12H16FN3OS/c1-9(8-17-2)15-12(18)16-14-7-10-3-5-11(13)6-4-10/h3-7,9H,8H2,1-2H3,(H2,15,16,18)/b14-7-/t9-/m0/s1. The zero-order chi connectivity index (χ0) is 13.4. The van der Waals surface area contributed by atoms with E-state index in [2.05, 4.69) is 15.8 Å². The molecule has 0 saturated heterocycles. The van der Waals surface area contributed by atoms with Crippen LogP contribution in [0.2, 0.25) is 0 Å². The Labute approximate surface area is 111 Å². The fraction of sp³-hybridized carbons (Fsp3) is 0.333. The third-order valence-corrected chi connectivity index (χ3v) is 2.25. The van der Waals surface area contributed by atoms with Crippen LogP contribution in [0, 0.1) is 5.82 Å². The summed E-state index contributed by atoms with van der Waals surface area (Å²) < 4.78 is 17.6. The lowest BCUT2D eigenvalue weighted by molar-refractivity contribution is 0.179. The Morgan fingerprint density at radius 1 is 1.50 bits per heavy atom. The molecule has 0 aliphatic rings. The van der Waals surface area contributed by atoms with E-state index in [1.807, 2.05) is 6.92 Å². The molecule has 0 heterocycles. The smallest absolute Gasteiger partial charge is 0.187 e. The second-order valence-electron chi connectivity index (χ2n) is 3.75. The number of hydrogen-bond donors (Lipinski definition) is 2. The van der Waals surface area contributed by atoms with Crippen molar-refractivity contribution in [2.75, 3.05) is 13.7 Å². The van der Waals surface area contributed by atoms with E-state index in [1.54, 1.807) is 25.5 Å². The molecule has 1 aromatic carbocycles. The molecular weight excluding hydrogens is 253 g/mol. The molecule has 0 spiro atoms. The molecule has 1 rings (SSSR count). The van der Waals surface area contributed by atoms with Crippen LogP contribution < -0.4 is 10.7 Å². The summed E-state index contributed by atoms with van der Waals surface area (Å²) in [4.78, 5) is 0. The van der Waals surface area contributed by atoms with Crippen molar-refractivity contribution in [3.63, 3.8) is 0 Å². The molecule has 1 atom stereocenters. The van der Waals surface area contributed by atoms with Gasteiger partial charge >= 0.3 is 0 Å². The Hall–Kier alpha value is -1.53. The molecular formula is C12H16FN3OS. The van der Waals surface area contributed by atoms with Gasteiger partial charge in [0.15, 0.2) is 5.11 Å².